The minimum absolute atomic E-state index is 0.226. The van der Waals surface area contributed by atoms with E-state index in [0.717, 1.165) is 17.9 Å². The molecule has 2 heterocycles. The third kappa shape index (κ3) is 6.37. The summed E-state index contributed by atoms with van der Waals surface area (Å²) < 4.78 is 17.0. The van der Waals surface area contributed by atoms with Gasteiger partial charge in [0, 0.05) is 44.0 Å². The second kappa shape index (κ2) is 9.72. The van der Waals surface area contributed by atoms with Gasteiger partial charge in [-0.05, 0) is 45.4 Å². The van der Waals surface area contributed by atoms with E-state index in [1.165, 1.54) is 0 Å². The van der Waals surface area contributed by atoms with Crippen LogP contribution < -0.4 is 20.1 Å². The number of benzene rings is 1. The molecule has 0 saturated carbocycles. The smallest absolute Gasteiger partial charge is 0.410 e. The third-order valence-electron chi connectivity index (χ3n) is 4.74. The molecule has 1 aromatic carbocycles. The summed E-state index contributed by atoms with van der Waals surface area (Å²) in [4.78, 5) is 22.6. The maximum Gasteiger partial charge on any atom is 0.410 e. The Morgan fingerprint density at radius 3 is 2.77 bits per heavy atom. The van der Waals surface area contributed by atoms with Crippen molar-refractivity contribution in [2.75, 3.05) is 44.5 Å². The molecule has 9 nitrogen and oxygen atoms in total. The molecule has 31 heavy (non-hydrogen) atoms. The summed E-state index contributed by atoms with van der Waals surface area (Å²) in [5.41, 5.74) is 0.286. The largest absolute Gasteiger partial charge is 0.493 e. The highest BCUT2D eigenvalue weighted by molar-refractivity contribution is 5.68. The molecule has 2 aromatic rings. The number of likely N-dealkylation sites (tertiary alicyclic amines) is 1. The molecule has 0 bridgehead atoms. The number of amides is 1. The average molecular weight is 430 g/mol. The predicted molar refractivity (Wildman–Crippen MR) is 119 cm³/mol. The summed E-state index contributed by atoms with van der Waals surface area (Å²) in [6.45, 7) is 7.37. The van der Waals surface area contributed by atoms with E-state index < -0.39 is 5.60 Å². The third-order valence-corrected chi connectivity index (χ3v) is 4.74. The molecule has 1 fully saturated rings. The number of carbonyl (C=O) groups is 1. The van der Waals surface area contributed by atoms with Crippen LogP contribution in [0, 0.1) is 5.92 Å². The van der Waals surface area contributed by atoms with E-state index in [1.807, 2.05) is 39.0 Å². The van der Waals surface area contributed by atoms with Gasteiger partial charge < -0.3 is 29.7 Å². The number of anilines is 3. The summed E-state index contributed by atoms with van der Waals surface area (Å²) in [6.07, 6.45) is 2.27. The fourth-order valence-electron chi connectivity index (χ4n) is 3.22. The van der Waals surface area contributed by atoms with Crippen molar-refractivity contribution in [1.82, 2.24) is 14.9 Å². The molecule has 1 aliphatic rings. The van der Waals surface area contributed by atoms with E-state index >= 15 is 0 Å². The topological polar surface area (TPSA) is 97.8 Å². The second-order valence-electron chi connectivity index (χ2n) is 8.40. The van der Waals surface area contributed by atoms with Crippen molar-refractivity contribution in [3.05, 3.63) is 30.5 Å². The van der Waals surface area contributed by atoms with Crippen LogP contribution in [0.3, 0.4) is 0 Å². The SMILES string of the molecule is CNc1ccnc(Nc2ccc(OC)c(OCC3CCN(C(=O)OC(C)(C)C)C3)c2)n1. The van der Waals surface area contributed by atoms with Crippen molar-refractivity contribution in [2.45, 2.75) is 32.8 Å². The van der Waals surface area contributed by atoms with E-state index in [4.69, 9.17) is 14.2 Å². The van der Waals surface area contributed by atoms with Crippen molar-refractivity contribution in [2.24, 2.45) is 5.92 Å². The predicted octanol–water partition coefficient (Wildman–Crippen LogP) is 3.91. The van der Waals surface area contributed by atoms with E-state index in [-0.39, 0.29) is 12.0 Å². The zero-order valence-electron chi connectivity index (χ0n) is 18.8. The van der Waals surface area contributed by atoms with Crippen LogP contribution in [-0.4, -0.2) is 60.4 Å². The molecule has 0 spiro atoms. The first kappa shape index (κ1) is 22.5. The van der Waals surface area contributed by atoms with E-state index in [9.17, 15) is 4.79 Å². The van der Waals surface area contributed by atoms with Gasteiger partial charge in [0.2, 0.25) is 5.95 Å². The molecule has 0 radical (unpaired) electrons. The van der Waals surface area contributed by atoms with E-state index in [1.54, 1.807) is 31.3 Å². The Labute approximate surface area is 183 Å². The minimum atomic E-state index is -0.497. The molecule has 1 amide bonds. The average Bonchev–Trinajstić information content (AvgIpc) is 3.21. The van der Waals surface area contributed by atoms with Crippen molar-refractivity contribution in [3.63, 3.8) is 0 Å². The second-order valence-corrected chi connectivity index (χ2v) is 8.40. The Morgan fingerprint density at radius 2 is 2.06 bits per heavy atom. The molecule has 168 valence electrons. The fraction of sp³-hybridized carbons (Fsp3) is 0.500. The van der Waals surface area contributed by atoms with Crippen LogP contribution in [-0.2, 0) is 4.74 Å². The highest BCUT2D eigenvalue weighted by atomic mass is 16.6. The van der Waals surface area contributed by atoms with Crippen LogP contribution in [0.2, 0.25) is 0 Å². The number of nitrogens with zero attached hydrogens (tertiary/aromatic N) is 3. The van der Waals surface area contributed by atoms with Gasteiger partial charge in [0.25, 0.3) is 0 Å². The molecular formula is C22H31N5O4. The molecule has 1 atom stereocenters. The van der Waals surface area contributed by atoms with Gasteiger partial charge in [-0.2, -0.15) is 4.98 Å². The molecular weight excluding hydrogens is 398 g/mol. The zero-order chi connectivity index (χ0) is 22.4. The normalized spacial score (nSPS) is 16.0. The Hall–Kier alpha value is -3.23. The number of hydrogen-bond donors (Lipinski definition) is 2. The Morgan fingerprint density at radius 1 is 1.26 bits per heavy atom. The molecule has 1 aliphatic heterocycles. The first-order chi connectivity index (χ1) is 14.8. The lowest BCUT2D eigenvalue weighted by atomic mass is 10.1. The number of methoxy groups -OCH3 is 1. The molecule has 3 rings (SSSR count). The van der Waals surface area contributed by atoms with Crippen molar-refractivity contribution < 1.29 is 19.0 Å². The van der Waals surface area contributed by atoms with Gasteiger partial charge in [-0.25, -0.2) is 9.78 Å². The van der Waals surface area contributed by atoms with Crippen LogP contribution in [0.5, 0.6) is 11.5 Å². The Kier molecular flexibility index (Phi) is 7.04. The lowest BCUT2D eigenvalue weighted by Crippen LogP contribution is -2.35. The van der Waals surface area contributed by atoms with E-state index in [0.29, 0.717) is 37.1 Å². The molecule has 0 aliphatic carbocycles. The number of carbonyl (C=O) groups excluding carboxylic acids is 1. The molecule has 2 N–H and O–H groups in total. The first-order valence-corrected chi connectivity index (χ1v) is 10.3. The minimum Gasteiger partial charge on any atom is -0.493 e. The summed E-state index contributed by atoms with van der Waals surface area (Å²) in [5, 5.41) is 6.16. The highest BCUT2D eigenvalue weighted by Crippen LogP contribution is 2.32. The Balaban J connectivity index is 1.61. The van der Waals surface area contributed by atoms with Crippen molar-refractivity contribution >= 4 is 23.5 Å². The van der Waals surface area contributed by atoms with Crippen LogP contribution in [0.4, 0.5) is 22.2 Å². The number of ether oxygens (including phenoxy) is 3. The van der Waals surface area contributed by atoms with Crippen molar-refractivity contribution in [1.29, 1.82) is 0 Å². The molecule has 9 heteroatoms. The van der Waals surface area contributed by atoms with Gasteiger partial charge >= 0.3 is 6.09 Å². The van der Waals surface area contributed by atoms with Crippen LogP contribution in [0.25, 0.3) is 0 Å². The lowest BCUT2D eigenvalue weighted by molar-refractivity contribution is 0.0284. The maximum absolute atomic E-state index is 12.3. The monoisotopic (exact) mass is 429 g/mol. The first-order valence-electron chi connectivity index (χ1n) is 10.3. The lowest BCUT2D eigenvalue weighted by Gasteiger charge is -2.24. The summed E-state index contributed by atoms with van der Waals surface area (Å²) in [7, 11) is 3.41. The molecule has 1 saturated heterocycles. The van der Waals surface area contributed by atoms with Crippen molar-refractivity contribution in [3.8, 4) is 11.5 Å². The van der Waals surface area contributed by atoms with Gasteiger partial charge in [0.05, 0.1) is 13.7 Å². The fourth-order valence-corrected chi connectivity index (χ4v) is 3.22. The van der Waals surface area contributed by atoms with Crippen LogP contribution in [0.15, 0.2) is 30.5 Å². The number of aromatic nitrogens is 2. The number of rotatable bonds is 7. The van der Waals surface area contributed by atoms with Gasteiger partial charge in [-0.1, -0.05) is 0 Å². The van der Waals surface area contributed by atoms with Gasteiger partial charge in [0.1, 0.15) is 11.4 Å². The molecule has 1 unspecified atom stereocenters. The van der Waals surface area contributed by atoms with Gasteiger partial charge in [0.15, 0.2) is 11.5 Å². The summed E-state index contributed by atoms with van der Waals surface area (Å²) >= 11 is 0. The number of hydrogen-bond acceptors (Lipinski definition) is 8. The quantitative estimate of drug-likeness (QED) is 0.684. The summed E-state index contributed by atoms with van der Waals surface area (Å²) in [6, 6.07) is 7.35. The number of nitrogens with one attached hydrogen (secondary N) is 2. The standard InChI is InChI=1S/C22H31N5O4/c1-22(2,3)31-21(28)27-11-9-15(13-27)14-30-18-12-16(6-7-17(18)29-5)25-20-24-10-8-19(23-4)26-20/h6-8,10,12,15H,9,11,13-14H2,1-5H3,(H2,23,24,25,26). The maximum atomic E-state index is 12.3. The van der Waals surface area contributed by atoms with Gasteiger partial charge in [-0.15, -0.1) is 0 Å². The van der Waals surface area contributed by atoms with Crippen LogP contribution in [0.1, 0.15) is 27.2 Å². The van der Waals surface area contributed by atoms with Crippen LogP contribution >= 0.6 is 0 Å². The Bertz CT molecular complexity index is 900. The van der Waals surface area contributed by atoms with Gasteiger partial charge in [-0.3, -0.25) is 0 Å². The highest BCUT2D eigenvalue weighted by Gasteiger charge is 2.30. The summed E-state index contributed by atoms with van der Waals surface area (Å²) in [5.74, 6) is 2.68. The molecule has 1 aromatic heterocycles. The van der Waals surface area contributed by atoms with E-state index in [2.05, 4.69) is 20.6 Å². The zero-order valence-corrected chi connectivity index (χ0v) is 18.8.